The van der Waals surface area contributed by atoms with Crippen LogP contribution in [0.4, 0.5) is 0 Å². The highest BCUT2D eigenvalue weighted by Gasteiger charge is 2.25. The lowest BCUT2D eigenvalue weighted by Gasteiger charge is -2.21. The second-order valence-electron chi connectivity index (χ2n) is 5.40. The SMILES string of the molecule is CC(NC(=O)[C@H](N)Cc1ccc(O)cc1)C1CCOC1. The summed E-state index contributed by atoms with van der Waals surface area (Å²) in [4.78, 5) is 12.1. The van der Waals surface area contributed by atoms with Crippen LogP contribution >= 0.6 is 0 Å². The van der Waals surface area contributed by atoms with E-state index >= 15 is 0 Å². The first-order chi connectivity index (χ1) is 9.56. The Balaban J connectivity index is 1.83. The van der Waals surface area contributed by atoms with Crippen LogP contribution in [-0.4, -0.2) is 36.3 Å². The Morgan fingerprint density at radius 3 is 2.80 bits per heavy atom. The van der Waals surface area contributed by atoms with Crippen molar-refractivity contribution in [1.29, 1.82) is 0 Å². The maximum atomic E-state index is 12.1. The molecule has 1 aliphatic rings. The Labute approximate surface area is 119 Å². The fourth-order valence-electron chi connectivity index (χ4n) is 2.38. The molecular weight excluding hydrogens is 256 g/mol. The monoisotopic (exact) mass is 278 g/mol. The van der Waals surface area contributed by atoms with Crippen LogP contribution in [0.3, 0.4) is 0 Å². The molecule has 4 N–H and O–H groups in total. The minimum atomic E-state index is -0.579. The molecule has 1 heterocycles. The Bertz CT molecular complexity index is 441. The lowest BCUT2D eigenvalue weighted by Crippen LogP contribution is -2.47. The average molecular weight is 278 g/mol. The third-order valence-electron chi connectivity index (χ3n) is 3.77. The Morgan fingerprint density at radius 2 is 2.20 bits per heavy atom. The molecule has 1 aliphatic heterocycles. The molecule has 0 bridgehead atoms. The van der Waals surface area contributed by atoms with Gasteiger partial charge in [-0.05, 0) is 37.5 Å². The predicted molar refractivity (Wildman–Crippen MR) is 76.3 cm³/mol. The van der Waals surface area contributed by atoms with E-state index < -0.39 is 6.04 Å². The maximum Gasteiger partial charge on any atom is 0.237 e. The fraction of sp³-hybridized carbons (Fsp3) is 0.533. The van der Waals surface area contributed by atoms with Crippen molar-refractivity contribution in [3.8, 4) is 5.75 Å². The maximum absolute atomic E-state index is 12.1. The van der Waals surface area contributed by atoms with Crippen LogP contribution in [0.25, 0.3) is 0 Å². The van der Waals surface area contributed by atoms with E-state index in [1.165, 1.54) is 0 Å². The van der Waals surface area contributed by atoms with E-state index in [1.807, 2.05) is 6.92 Å². The van der Waals surface area contributed by atoms with Crippen LogP contribution in [0.2, 0.25) is 0 Å². The third kappa shape index (κ3) is 3.95. The van der Waals surface area contributed by atoms with E-state index in [1.54, 1.807) is 24.3 Å². The normalized spacial score (nSPS) is 21.4. The van der Waals surface area contributed by atoms with Gasteiger partial charge in [0.2, 0.25) is 5.91 Å². The first kappa shape index (κ1) is 14.8. The van der Waals surface area contributed by atoms with Crippen molar-refractivity contribution in [3.05, 3.63) is 29.8 Å². The summed E-state index contributed by atoms with van der Waals surface area (Å²) in [6, 6.07) is 6.24. The number of hydrogen-bond acceptors (Lipinski definition) is 4. The van der Waals surface area contributed by atoms with Gasteiger partial charge in [-0.2, -0.15) is 0 Å². The van der Waals surface area contributed by atoms with Crippen molar-refractivity contribution >= 4 is 5.91 Å². The second kappa shape index (κ2) is 6.72. The van der Waals surface area contributed by atoms with Gasteiger partial charge in [0, 0.05) is 18.6 Å². The number of amides is 1. The highest BCUT2D eigenvalue weighted by atomic mass is 16.5. The molecule has 2 rings (SSSR count). The standard InChI is InChI=1S/C15H22N2O3/c1-10(12-6-7-20-9-12)17-15(19)14(16)8-11-2-4-13(18)5-3-11/h2-5,10,12,14,18H,6-9,16H2,1H3,(H,17,19)/t10?,12?,14-/m1/s1. The number of carbonyl (C=O) groups is 1. The molecule has 1 amide bonds. The van der Waals surface area contributed by atoms with Crippen LogP contribution in [0, 0.1) is 5.92 Å². The van der Waals surface area contributed by atoms with Crippen molar-refractivity contribution in [2.75, 3.05) is 13.2 Å². The number of rotatable bonds is 5. The van der Waals surface area contributed by atoms with Crippen LogP contribution in [-0.2, 0) is 16.0 Å². The van der Waals surface area contributed by atoms with Gasteiger partial charge in [0.05, 0.1) is 12.6 Å². The van der Waals surface area contributed by atoms with E-state index in [-0.39, 0.29) is 17.7 Å². The summed E-state index contributed by atoms with van der Waals surface area (Å²) in [5.74, 6) is 0.443. The minimum absolute atomic E-state index is 0.0795. The van der Waals surface area contributed by atoms with E-state index in [4.69, 9.17) is 10.5 Å². The van der Waals surface area contributed by atoms with Gasteiger partial charge in [-0.1, -0.05) is 12.1 Å². The molecule has 3 atom stereocenters. The van der Waals surface area contributed by atoms with Crippen molar-refractivity contribution in [3.63, 3.8) is 0 Å². The highest BCUT2D eigenvalue weighted by molar-refractivity contribution is 5.82. The van der Waals surface area contributed by atoms with Crippen molar-refractivity contribution in [2.45, 2.75) is 31.8 Å². The Kier molecular flexibility index (Phi) is 4.98. The van der Waals surface area contributed by atoms with Crippen molar-refractivity contribution in [2.24, 2.45) is 11.7 Å². The molecule has 5 heteroatoms. The Hall–Kier alpha value is -1.59. The van der Waals surface area contributed by atoms with Gasteiger partial charge in [-0.3, -0.25) is 4.79 Å². The van der Waals surface area contributed by atoms with Crippen LogP contribution in [0.5, 0.6) is 5.75 Å². The quantitative estimate of drug-likeness (QED) is 0.744. The van der Waals surface area contributed by atoms with Gasteiger partial charge in [-0.15, -0.1) is 0 Å². The number of phenols is 1. The molecule has 0 spiro atoms. The lowest BCUT2D eigenvalue weighted by molar-refractivity contribution is -0.123. The molecule has 0 saturated carbocycles. The number of hydrogen-bond donors (Lipinski definition) is 3. The summed E-state index contributed by atoms with van der Waals surface area (Å²) in [7, 11) is 0. The fourth-order valence-corrected chi connectivity index (χ4v) is 2.38. The molecule has 0 aliphatic carbocycles. The van der Waals surface area contributed by atoms with E-state index in [0.717, 1.165) is 18.6 Å². The van der Waals surface area contributed by atoms with Crippen LogP contribution < -0.4 is 11.1 Å². The number of aromatic hydroxyl groups is 1. The van der Waals surface area contributed by atoms with E-state index in [9.17, 15) is 9.90 Å². The topological polar surface area (TPSA) is 84.6 Å². The lowest BCUT2D eigenvalue weighted by atomic mass is 9.99. The first-order valence-corrected chi connectivity index (χ1v) is 6.98. The number of ether oxygens (including phenoxy) is 1. The van der Waals surface area contributed by atoms with Gasteiger partial charge >= 0.3 is 0 Å². The molecule has 110 valence electrons. The summed E-state index contributed by atoms with van der Waals surface area (Å²) < 4.78 is 5.32. The molecule has 1 aromatic carbocycles. The zero-order valence-electron chi connectivity index (χ0n) is 11.7. The van der Waals surface area contributed by atoms with Crippen LogP contribution in [0.1, 0.15) is 18.9 Å². The molecular formula is C15H22N2O3. The third-order valence-corrected chi connectivity index (χ3v) is 3.77. The molecule has 0 radical (unpaired) electrons. The van der Waals surface area contributed by atoms with Gasteiger partial charge in [0.15, 0.2) is 0 Å². The zero-order chi connectivity index (χ0) is 14.5. The summed E-state index contributed by atoms with van der Waals surface area (Å²) in [6.45, 7) is 3.46. The molecule has 2 unspecified atom stereocenters. The summed E-state index contributed by atoms with van der Waals surface area (Å²) in [5, 5.41) is 12.2. The zero-order valence-corrected chi connectivity index (χ0v) is 11.7. The Morgan fingerprint density at radius 1 is 1.50 bits per heavy atom. The minimum Gasteiger partial charge on any atom is -0.508 e. The number of carbonyl (C=O) groups excluding carboxylic acids is 1. The number of nitrogens with two attached hydrogens (primary N) is 1. The average Bonchev–Trinajstić information content (AvgIpc) is 2.95. The summed E-state index contributed by atoms with van der Waals surface area (Å²) in [5.41, 5.74) is 6.86. The van der Waals surface area contributed by atoms with Crippen molar-refractivity contribution in [1.82, 2.24) is 5.32 Å². The summed E-state index contributed by atoms with van der Waals surface area (Å²) >= 11 is 0. The van der Waals surface area contributed by atoms with E-state index in [2.05, 4.69) is 5.32 Å². The highest BCUT2D eigenvalue weighted by Crippen LogP contribution is 2.16. The molecule has 1 aromatic rings. The molecule has 20 heavy (non-hydrogen) atoms. The largest absolute Gasteiger partial charge is 0.508 e. The van der Waals surface area contributed by atoms with E-state index in [0.29, 0.717) is 18.9 Å². The molecule has 1 fully saturated rings. The molecule has 0 aromatic heterocycles. The van der Waals surface area contributed by atoms with Crippen molar-refractivity contribution < 1.29 is 14.6 Å². The number of benzene rings is 1. The van der Waals surface area contributed by atoms with Gasteiger partial charge in [0.25, 0.3) is 0 Å². The second-order valence-corrected chi connectivity index (χ2v) is 5.40. The predicted octanol–water partition coefficient (Wildman–Crippen LogP) is 0.803. The molecule has 1 saturated heterocycles. The summed E-state index contributed by atoms with van der Waals surface area (Å²) in [6.07, 6.45) is 1.44. The molecule has 5 nitrogen and oxygen atoms in total. The van der Waals surface area contributed by atoms with Gasteiger partial charge in [-0.25, -0.2) is 0 Å². The van der Waals surface area contributed by atoms with Gasteiger partial charge in [0.1, 0.15) is 5.75 Å². The van der Waals surface area contributed by atoms with Gasteiger partial charge < -0.3 is 20.9 Å². The first-order valence-electron chi connectivity index (χ1n) is 6.98. The van der Waals surface area contributed by atoms with Crippen LogP contribution in [0.15, 0.2) is 24.3 Å². The number of nitrogens with one attached hydrogen (secondary N) is 1. The number of phenolic OH excluding ortho intramolecular Hbond substituents is 1. The smallest absolute Gasteiger partial charge is 0.237 e.